The lowest BCUT2D eigenvalue weighted by Crippen LogP contribution is -2.49. The van der Waals surface area contributed by atoms with Crippen molar-refractivity contribution in [2.24, 2.45) is 0 Å². The standard InChI is InChI=1S/C15H22FN3O/c1-12-3-4-14(16)9-13(12)10-18(2)11-15(20)19-7-5-17-6-8-19/h3-4,9,17H,5-8,10-11H2,1-2H3. The van der Waals surface area contributed by atoms with Crippen LogP contribution < -0.4 is 5.32 Å². The zero-order chi connectivity index (χ0) is 14.5. The third kappa shape index (κ3) is 4.02. The van der Waals surface area contributed by atoms with Crippen LogP contribution in [-0.2, 0) is 11.3 Å². The van der Waals surface area contributed by atoms with E-state index in [1.807, 2.05) is 23.8 Å². The quantitative estimate of drug-likeness (QED) is 0.893. The maximum absolute atomic E-state index is 13.3. The van der Waals surface area contributed by atoms with E-state index in [9.17, 15) is 9.18 Å². The normalized spacial score (nSPS) is 15.7. The minimum absolute atomic E-state index is 0.142. The van der Waals surface area contributed by atoms with Crippen molar-refractivity contribution in [1.82, 2.24) is 15.1 Å². The van der Waals surface area contributed by atoms with Gasteiger partial charge in [-0.15, -0.1) is 0 Å². The molecule has 0 spiro atoms. The lowest BCUT2D eigenvalue weighted by molar-refractivity contribution is -0.132. The molecule has 1 fully saturated rings. The van der Waals surface area contributed by atoms with Gasteiger partial charge in [0.25, 0.3) is 0 Å². The van der Waals surface area contributed by atoms with Gasteiger partial charge in [0.1, 0.15) is 5.82 Å². The van der Waals surface area contributed by atoms with Gasteiger partial charge in [-0.05, 0) is 37.2 Å². The van der Waals surface area contributed by atoms with Gasteiger partial charge in [0.15, 0.2) is 0 Å². The molecule has 5 heteroatoms. The van der Waals surface area contributed by atoms with Crippen LogP contribution in [0, 0.1) is 12.7 Å². The fraction of sp³-hybridized carbons (Fsp3) is 0.533. The molecule has 0 aromatic heterocycles. The van der Waals surface area contributed by atoms with Crippen molar-refractivity contribution in [2.75, 3.05) is 39.8 Å². The van der Waals surface area contributed by atoms with E-state index < -0.39 is 0 Å². The number of carbonyl (C=O) groups is 1. The molecule has 1 aromatic rings. The van der Waals surface area contributed by atoms with E-state index in [4.69, 9.17) is 0 Å². The number of hydrogen-bond acceptors (Lipinski definition) is 3. The van der Waals surface area contributed by atoms with Crippen LogP contribution in [0.2, 0.25) is 0 Å². The predicted molar refractivity (Wildman–Crippen MR) is 76.9 cm³/mol. The smallest absolute Gasteiger partial charge is 0.236 e. The zero-order valence-corrected chi connectivity index (χ0v) is 12.2. The molecular formula is C15H22FN3O. The summed E-state index contributed by atoms with van der Waals surface area (Å²) in [5.74, 6) is -0.0875. The first-order chi connectivity index (χ1) is 9.56. The highest BCUT2D eigenvalue weighted by Crippen LogP contribution is 2.12. The zero-order valence-electron chi connectivity index (χ0n) is 12.2. The predicted octanol–water partition coefficient (Wildman–Crippen LogP) is 0.998. The summed E-state index contributed by atoms with van der Waals surface area (Å²) in [7, 11) is 1.89. The average molecular weight is 279 g/mol. The second kappa shape index (κ2) is 6.81. The van der Waals surface area contributed by atoms with Crippen molar-refractivity contribution < 1.29 is 9.18 Å². The summed E-state index contributed by atoms with van der Waals surface area (Å²) in [6, 6.07) is 4.78. The SMILES string of the molecule is Cc1ccc(F)cc1CN(C)CC(=O)N1CCNCC1. The van der Waals surface area contributed by atoms with Crippen molar-refractivity contribution in [1.29, 1.82) is 0 Å². The summed E-state index contributed by atoms with van der Waals surface area (Å²) in [5, 5.41) is 3.23. The van der Waals surface area contributed by atoms with Crippen molar-refractivity contribution in [2.45, 2.75) is 13.5 Å². The Morgan fingerprint density at radius 3 is 2.80 bits per heavy atom. The molecule has 110 valence electrons. The molecule has 0 unspecified atom stereocenters. The van der Waals surface area contributed by atoms with E-state index in [1.165, 1.54) is 6.07 Å². The second-order valence-electron chi connectivity index (χ2n) is 5.37. The molecule has 1 aliphatic rings. The molecule has 0 bridgehead atoms. The largest absolute Gasteiger partial charge is 0.339 e. The molecule has 2 rings (SSSR count). The third-order valence-electron chi connectivity index (χ3n) is 3.63. The molecule has 1 amide bonds. The highest BCUT2D eigenvalue weighted by atomic mass is 19.1. The highest BCUT2D eigenvalue weighted by molar-refractivity contribution is 5.78. The maximum Gasteiger partial charge on any atom is 0.236 e. The summed E-state index contributed by atoms with van der Waals surface area (Å²) >= 11 is 0. The van der Waals surface area contributed by atoms with Gasteiger partial charge in [0.05, 0.1) is 6.54 Å². The van der Waals surface area contributed by atoms with Crippen LogP contribution in [0.25, 0.3) is 0 Å². The minimum atomic E-state index is -0.229. The van der Waals surface area contributed by atoms with Crippen LogP contribution in [0.3, 0.4) is 0 Å². The molecule has 0 radical (unpaired) electrons. The summed E-state index contributed by atoms with van der Waals surface area (Å²) in [6.07, 6.45) is 0. The van der Waals surface area contributed by atoms with E-state index in [0.717, 1.165) is 37.3 Å². The number of halogens is 1. The van der Waals surface area contributed by atoms with E-state index >= 15 is 0 Å². The fourth-order valence-electron chi connectivity index (χ4n) is 2.40. The molecule has 0 saturated carbocycles. The number of nitrogens with one attached hydrogen (secondary N) is 1. The molecule has 1 saturated heterocycles. The van der Waals surface area contributed by atoms with Gasteiger partial charge in [0, 0.05) is 32.7 Å². The van der Waals surface area contributed by atoms with Crippen molar-refractivity contribution in [3.05, 3.63) is 35.1 Å². The minimum Gasteiger partial charge on any atom is -0.339 e. The number of piperazine rings is 1. The fourth-order valence-corrected chi connectivity index (χ4v) is 2.40. The lowest BCUT2D eigenvalue weighted by Gasteiger charge is -2.29. The number of likely N-dealkylation sites (N-methyl/N-ethyl adjacent to an activating group) is 1. The number of hydrogen-bond donors (Lipinski definition) is 1. The second-order valence-corrected chi connectivity index (χ2v) is 5.37. The Morgan fingerprint density at radius 2 is 2.10 bits per heavy atom. The van der Waals surface area contributed by atoms with Gasteiger partial charge in [-0.25, -0.2) is 4.39 Å². The van der Waals surface area contributed by atoms with Gasteiger partial charge in [0.2, 0.25) is 5.91 Å². The molecule has 1 aromatic carbocycles. The Balaban J connectivity index is 1.89. The van der Waals surface area contributed by atoms with Crippen molar-refractivity contribution in [3.8, 4) is 0 Å². The Labute approximate surface area is 119 Å². The number of nitrogens with zero attached hydrogens (tertiary/aromatic N) is 2. The monoisotopic (exact) mass is 279 g/mol. The van der Waals surface area contributed by atoms with Gasteiger partial charge >= 0.3 is 0 Å². The van der Waals surface area contributed by atoms with Gasteiger partial charge in [-0.1, -0.05) is 6.07 Å². The van der Waals surface area contributed by atoms with Gasteiger partial charge < -0.3 is 10.2 Å². The Morgan fingerprint density at radius 1 is 1.40 bits per heavy atom. The van der Waals surface area contributed by atoms with Crippen LogP contribution in [0.1, 0.15) is 11.1 Å². The third-order valence-corrected chi connectivity index (χ3v) is 3.63. The maximum atomic E-state index is 13.3. The number of rotatable bonds is 4. The van der Waals surface area contributed by atoms with Gasteiger partial charge in [-0.3, -0.25) is 9.69 Å². The Bertz CT molecular complexity index is 472. The van der Waals surface area contributed by atoms with E-state index in [1.54, 1.807) is 12.1 Å². The summed E-state index contributed by atoms with van der Waals surface area (Å²) in [6.45, 7) is 6.17. The molecule has 0 aliphatic carbocycles. The molecule has 1 heterocycles. The van der Waals surface area contributed by atoms with Crippen molar-refractivity contribution >= 4 is 5.91 Å². The van der Waals surface area contributed by atoms with E-state index in [2.05, 4.69) is 5.32 Å². The summed E-state index contributed by atoms with van der Waals surface area (Å²) in [5.41, 5.74) is 1.98. The number of amides is 1. The Hall–Kier alpha value is -1.46. The molecule has 0 atom stereocenters. The van der Waals surface area contributed by atoms with Crippen LogP contribution in [0.5, 0.6) is 0 Å². The Kier molecular flexibility index (Phi) is 5.09. The molecule has 4 nitrogen and oxygen atoms in total. The molecular weight excluding hydrogens is 257 g/mol. The first-order valence-corrected chi connectivity index (χ1v) is 6.98. The number of aryl methyl sites for hydroxylation is 1. The lowest BCUT2D eigenvalue weighted by atomic mass is 10.1. The molecule has 20 heavy (non-hydrogen) atoms. The van der Waals surface area contributed by atoms with Crippen LogP contribution in [0.15, 0.2) is 18.2 Å². The number of benzene rings is 1. The average Bonchev–Trinajstić information content (AvgIpc) is 2.43. The topological polar surface area (TPSA) is 35.6 Å². The van der Waals surface area contributed by atoms with Crippen LogP contribution >= 0.6 is 0 Å². The first kappa shape index (κ1) is 14.9. The number of carbonyl (C=O) groups excluding carboxylic acids is 1. The summed E-state index contributed by atoms with van der Waals surface area (Å²) in [4.78, 5) is 16.0. The highest BCUT2D eigenvalue weighted by Gasteiger charge is 2.17. The first-order valence-electron chi connectivity index (χ1n) is 6.98. The van der Waals surface area contributed by atoms with Crippen LogP contribution in [0.4, 0.5) is 4.39 Å². The molecule has 1 aliphatic heterocycles. The van der Waals surface area contributed by atoms with E-state index in [-0.39, 0.29) is 11.7 Å². The van der Waals surface area contributed by atoms with Crippen molar-refractivity contribution in [3.63, 3.8) is 0 Å². The molecule has 1 N–H and O–H groups in total. The van der Waals surface area contributed by atoms with Crippen LogP contribution in [-0.4, -0.2) is 55.5 Å². The van der Waals surface area contributed by atoms with E-state index in [0.29, 0.717) is 13.1 Å². The van der Waals surface area contributed by atoms with Gasteiger partial charge in [-0.2, -0.15) is 0 Å². The summed E-state index contributed by atoms with van der Waals surface area (Å²) < 4.78 is 13.3.